The number of hydrogen-bond donors (Lipinski definition) is 1. The largest absolute Gasteiger partial charge is 0.484 e. The second kappa shape index (κ2) is 8.65. The SMILES string of the molecule is CCCc1cc(=O)oc2cc(OCC(=O)NC(C(C)=O)C(C)C)ccc12. The van der Waals surface area contributed by atoms with Crippen LogP contribution >= 0.6 is 0 Å². The minimum absolute atomic E-state index is 0.00313. The summed E-state index contributed by atoms with van der Waals surface area (Å²) in [5.41, 5.74) is 0.962. The predicted molar refractivity (Wildman–Crippen MR) is 99.4 cm³/mol. The van der Waals surface area contributed by atoms with Crippen LogP contribution in [0.3, 0.4) is 0 Å². The highest BCUT2D eigenvalue weighted by molar-refractivity contribution is 5.88. The third-order valence-corrected chi connectivity index (χ3v) is 4.11. The number of hydrogen-bond acceptors (Lipinski definition) is 5. The smallest absolute Gasteiger partial charge is 0.336 e. The van der Waals surface area contributed by atoms with Gasteiger partial charge < -0.3 is 14.5 Å². The van der Waals surface area contributed by atoms with Crippen molar-refractivity contribution in [2.45, 2.75) is 46.6 Å². The Bertz CT molecular complexity index is 853. The van der Waals surface area contributed by atoms with Crippen molar-refractivity contribution in [1.82, 2.24) is 5.32 Å². The van der Waals surface area contributed by atoms with Crippen LogP contribution < -0.4 is 15.7 Å². The van der Waals surface area contributed by atoms with Gasteiger partial charge in [0.25, 0.3) is 5.91 Å². The van der Waals surface area contributed by atoms with Crippen LogP contribution in [0.15, 0.2) is 33.5 Å². The molecule has 1 unspecified atom stereocenters. The van der Waals surface area contributed by atoms with E-state index in [0.717, 1.165) is 23.8 Å². The van der Waals surface area contributed by atoms with Crippen molar-refractivity contribution in [2.75, 3.05) is 6.61 Å². The lowest BCUT2D eigenvalue weighted by atomic mass is 10.0. The van der Waals surface area contributed by atoms with Gasteiger partial charge in [-0.1, -0.05) is 27.2 Å². The van der Waals surface area contributed by atoms with E-state index in [1.807, 2.05) is 26.8 Å². The second-order valence-corrected chi connectivity index (χ2v) is 6.69. The molecule has 0 saturated heterocycles. The number of carbonyl (C=O) groups is 2. The zero-order valence-electron chi connectivity index (χ0n) is 15.6. The van der Waals surface area contributed by atoms with Gasteiger partial charge in [-0.15, -0.1) is 0 Å². The van der Waals surface area contributed by atoms with Gasteiger partial charge in [0.15, 0.2) is 12.4 Å². The monoisotopic (exact) mass is 359 g/mol. The molecule has 26 heavy (non-hydrogen) atoms. The average molecular weight is 359 g/mol. The molecule has 1 heterocycles. The van der Waals surface area contributed by atoms with Crippen molar-refractivity contribution in [3.8, 4) is 5.75 Å². The average Bonchev–Trinajstić information content (AvgIpc) is 2.57. The number of benzene rings is 1. The Morgan fingerprint density at radius 1 is 1.23 bits per heavy atom. The highest BCUT2D eigenvalue weighted by Gasteiger charge is 2.20. The Labute approximate surface area is 152 Å². The van der Waals surface area contributed by atoms with Crippen molar-refractivity contribution >= 4 is 22.7 Å². The van der Waals surface area contributed by atoms with Gasteiger partial charge in [0.2, 0.25) is 0 Å². The fourth-order valence-electron chi connectivity index (χ4n) is 2.88. The summed E-state index contributed by atoms with van der Waals surface area (Å²) in [5, 5.41) is 3.53. The predicted octanol–water partition coefficient (Wildman–Crippen LogP) is 2.85. The Morgan fingerprint density at radius 3 is 2.58 bits per heavy atom. The molecule has 6 heteroatoms. The number of ketones is 1. The summed E-state index contributed by atoms with van der Waals surface area (Å²) in [6, 6.07) is 6.14. The third kappa shape index (κ3) is 4.94. The first-order valence-corrected chi connectivity index (χ1v) is 8.81. The molecule has 1 aromatic carbocycles. The molecule has 1 aromatic heterocycles. The molecule has 0 aliphatic carbocycles. The van der Waals surface area contributed by atoms with Crippen LogP contribution in [0, 0.1) is 5.92 Å². The van der Waals surface area contributed by atoms with Crippen LogP contribution in [0.4, 0.5) is 0 Å². The van der Waals surface area contributed by atoms with E-state index in [-0.39, 0.29) is 24.2 Å². The number of amides is 1. The van der Waals surface area contributed by atoms with Crippen LogP contribution in [0.5, 0.6) is 5.75 Å². The summed E-state index contributed by atoms with van der Waals surface area (Å²) in [5.74, 6) is -0.0405. The van der Waals surface area contributed by atoms with Crippen molar-refractivity contribution in [3.05, 3.63) is 40.2 Å². The molecule has 0 radical (unpaired) electrons. The summed E-state index contributed by atoms with van der Waals surface area (Å²) >= 11 is 0. The first kappa shape index (κ1) is 19.7. The molecule has 0 spiro atoms. The van der Waals surface area contributed by atoms with E-state index in [4.69, 9.17) is 9.15 Å². The molecule has 0 aliphatic rings. The minimum Gasteiger partial charge on any atom is -0.484 e. The van der Waals surface area contributed by atoms with Gasteiger partial charge in [0, 0.05) is 17.5 Å². The summed E-state index contributed by atoms with van der Waals surface area (Å²) in [6.07, 6.45) is 1.70. The minimum atomic E-state index is -0.530. The molecular formula is C20H25NO5. The molecule has 6 nitrogen and oxygen atoms in total. The summed E-state index contributed by atoms with van der Waals surface area (Å²) in [7, 11) is 0. The molecule has 0 saturated carbocycles. The lowest BCUT2D eigenvalue weighted by molar-refractivity contribution is -0.129. The van der Waals surface area contributed by atoms with Crippen LogP contribution in [-0.2, 0) is 16.0 Å². The first-order valence-electron chi connectivity index (χ1n) is 8.81. The van der Waals surface area contributed by atoms with Gasteiger partial charge in [-0.2, -0.15) is 0 Å². The van der Waals surface area contributed by atoms with E-state index < -0.39 is 11.7 Å². The van der Waals surface area contributed by atoms with Crippen molar-refractivity contribution in [1.29, 1.82) is 0 Å². The number of carbonyl (C=O) groups excluding carboxylic acids is 2. The van der Waals surface area contributed by atoms with Crippen molar-refractivity contribution in [3.63, 3.8) is 0 Å². The van der Waals surface area contributed by atoms with Crippen LogP contribution in [0.2, 0.25) is 0 Å². The normalized spacial score (nSPS) is 12.2. The molecule has 0 bridgehead atoms. The second-order valence-electron chi connectivity index (χ2n) is 6.69. The van der Waals surface area contributed by atoms with Crippen LogP contribution in [0.1, 0.15) is 39.7 Å². The quantitative estimate of drug-likeness (QED) is 0.733. The van der Waals surface area contributed by atoms with Gasteiger partial charge >= 0.3 is 5.63 Å². The Hall–Kier alpha value is -2.63. The number of aryl methyl sites for hydroxylation is 1. The summed E-state index contributed by atoms with van der Waals surface area (Å²) in [4.78, 5) is 35.3. The van der Waals surface area contributed by atoms with E-state index in [2.05, 4.69) is 5.32 Å². The fourth-order valence-corrected chi connectivity index (χ4v) is 2.88. The molecule has 0 aliphatic heterocycles. The molecule has 0 fully saturated rings. The Balaban J connectivity index is 2.10. The zero-order chi connectivity index (χ0) is 19.3. The molecule has 1 N–H and O–H groups in total. The fraction of sp³-hybridized carbons (Fsp3) is 0.450. The molecule has 2 rings (SSSR count). The Kier molecular flexibility index (Phi) is 6.55. The number of Topliss-reactive ketones (excluding diaryl/α,β-unsaturated/α-hetero) is 1. The molecule has 2 aromatic rings. The highest BCUT2D eigenvalue weighted by atomic mass is 16.5. The maximum absolute atomic E-state index is 12.0. The topological polar surface area (TPSA) is 85.6 Å². The lowest BCUT2D eigenvalue weighted by Gasteiger charge is -2.19. The van der Waals surface area contributed by atoms with E-state index in [9.17, 15) is 14.4 Å². The van der Waals surface area contributed by atoms with Gasteiger partial charge in [0.05, 0.1) is 6.04 Å². The number of nitrogens with one attached hydrogen (secondary N) is 1. The third-order valence-electron chi connectivity index (χ3n) is 4.11. The molecule has 1 atom stereocenters. The van der Waals surface area contributed by atoms with Crippen molar-refractivity contribution < 1.29 is 18.7 Å². The highest BCUT2D eigenvalue weighted by Crippen LogP contribution is 2.23. The number of rotatable bonds is 8. The van der Waals surface area contributed by atoms with Gasteiger partial charge in [-0.25, -0.2) is 4.79 Å². The first-order chi connectivity index (χ1) is 12.3. The van der Waals surface area contributed by atoms with E-state index in [1.165, 1.54) is 13.0 Å². The van der Waals surface area contributed by atoms with Gasteiger partial charge in [-0.05, 0) is 37.0 Å². The molecule has 1 amide bonds. The number of ether oxygens (including phenoxy) is 1. The molecule has 140 valence electrons. The maximum atomic E-state index is 12.0. The van der Waals surface area contributed by atoms with Crippen molar-refractivity contribution in [2.24, 2.45) is 5.92 Å². The molecular weight excluding hydrogens is 334 g/mol. The standard InChI is InChI=1S/C20H25NO5/c1-5-6-14-9-19(24)26-17-10-15(7-8-16(14)17)25-11-18(23)21-20(12(2)3)13(4)22/h7-10,12,20H,5-6,11H2,1-4H3,(H,21,23). The zero-order valence-corrected chi connectivity index (χ0v) is 15.6. The number of fused-ring (bicyclic) bond motifs is 1. The van der Waals surface area contributed by atoms with Crippen LogP contribution in [-0.4, -0.2) is 24.3 Å². The van der Waals surface area contributed by atoms with Crippen LogP contribution in [0.25, 0.3) is 11.0 Å². The van der Waals surface area contributed by atoms with E-state index in [1.54, 1.807) is 12.1 Å². The maximum Gasteiger partial charge on any atom is 0.336 e. The van der Waals surface area contributed by atoms with E-state index in [0.29, 0.717) is 11.3 Å². The van der Waals surface area contributed by atoms with Gasteiger partial charge in [-0.3, -0.25) is 9.59 Å². The van der Waals surface area contributed by atoms with Gasteiger partial charge in [0.1, 0.15) is 11.3 Å². The Morgan fingerprint density at radius 2 is 1.96 bits per heavy atom. The summed E-state index contributed by atoms with van der Waals surface area (Å²) in [6.45, 7) is 7.01. The van der Waals surface area contributed by atoms with E-state index >= 15 is 0 Å². The lowest BCUT2D eigenvalue weighted by Crippen LogP contribution is -2.45. The summed E-state index contributed by atoms with van der Waals surface area (Å²) < 4.78 is 10.7.